The van der Waals surface area contributed by atoms with Crippen LogP contribution in [0.4, 0.5) is 17.1 Å². The lowest BCUT2D eigenvalue weighted by Gasteiger charge is -2.34. The molecule has 1 amide bonds. The fourth-order valence-corrected chi connectivity index (χ4v) is 5.62. The summed E-state index contributed by atoms with van der Waals surface area (Å²) < 4.78 is 5.29. The predicted molar refractivity (Wildman–Crippen MR) is 181 cm³/mol. The van der Waals surface area contributed by atoms with E-state index in [0.717, 1.165) is 42.7 Å². The number of amides is 1. The molecule has 2 N–H and O–H groups in total. The van der Waals surface area contributed by atoms with Crippen LogP contribution in [0.5, 0.6) is 5.75 Å². The maximum atomic E-state index is 14.1. The van der Waals surface area contributed by atoms with E-state index in [4.69, 9.17) is 16.3 Å². The monoisotopic (exact) mass is 647 g/mol. The average Bonchev–Trinajstić information content (AvgIpc) is 3.05. The fraction of sp³-hybridized carbons (Fsp3) is 0.229. The Balaban J connectivity index is 0.00000461. The molecule has 45 heavy (non-hydrogen) atoms. The van der Waals surface area contributed by atoms with Crippen LogP contribution in [0.1, 0.15) is 52.5 Å². The number of nitrogens with zero attached hydrogens (tertiary/aromatic N) is 2. The quantitative estimate of drug-likeness (QED) is 0.133. The first-order chi connectivity index (χ1) is 21.2. The molecule has 10 heteroatoms. The molecular formula is C35H35Cl2N3O5. The summed E-state index contributed by atoms with van der Waals surface area (Å²) in [6, 6.07) is 25.8. The largest absolute Gasteiger partial charge is 0.496 e. The number of piperidine rings is 1. The summed E-state index contributed by atoms with van der Waals surface area (Å²) in [5.41, 5.74) is 8.63. The van der Waals surface area contributed by atoms with Crippen LogP contribution in [-0.4, -0.2) is 43.0 Å². The van der Waals surface area contributed by atoms with Crippen LogP contribution < -0.4 is 20.1 Å². The molecular weight excluding hydrogens is 613 g/mol. The Morgan fingerprint density at radius 3 is 2.13 bits per heavy atom. The summed E-state index contributed by atoms with van der Waals surface area (Å²) in [4.78, 5) is 39.7. The summed E-state index contributed by atoms with van der Waals surface area (Å²) in [5.74, 6) is -1.31. The van der Waals surface area contributed by atoms with Crippen LogP contribution in [-0.2, 0) is 11.2 Å². The Kier molecular flexibility index (Phi) is 11.1. The first kappa shape index (κ1) is 33.4. The smallest absolute Gasteiger partial charge is 0.339 e. The third-order valence-corrected chi connectivity index (χ3v) is 8.11. The molecule has 0 aromatic heterocycles. The molecule has 1 saturated heterocycles. The molecule has 0 atom stereocenters. The Morgan fingerprint density at radius 1 is 0.911 bits per heavy atom. The van der Waals surface area contributed by atoms with E-state index in [-0.39, 0.29) is 46.9 Å². The Bertz CT molecular complexity index is 1670. The van der Waals surface area contributed by atoms with Gasteiger partial charge in [0, 0.05) is 23.7 Å². The summed E-state index contributed by atoms with van der Waals surface area (Å²) in [5, 5.41) is 11.2. The number of carboxylic acids is 1. The van der Waals surface area contributed by atoms with Gasteiger partial charge in [0.1, 0.15) is 11.3 Å². The number of carboxylic acid groups (broad SMARTS) is 1. The van der Waals surface area contributed by atoms with E-state index >= 15 is 0 Å². The maximum Gasteiger partial charge on any atom is 0.339 e. The molecule has 234 valence electrons. The molecule has 0 radical (unpaired) electrons. The molecule has 4 aromatic carbocycles. The van der Waals surface area contributed by atoms with Gasteiger partial charge in [0.15, 0.2) is 5.78 Å². The number of rotatable bonds is 10. The molecule has 4 aromatic rings. The van der Waals surface area contributed by atoms with E-state index < -0.39 is 5.97 Å². The Hall–Kier alpha value is -4.53. The molecule has 5 rings (SSSR count). The maximum absolute atomic E-state index is 14.1. The highest BCUT2D eigenvalue weighted by molar-refractivity contribution is 6.32. The highest BCUT2D eigenvalue weighted by atomic mass is 35.5. The second-order valence-corrected chi connectivity index (χ2v) is 11.1. The summed E-state index contributed by atoms with van der Waals surface area (Å²) >= 11 is 6.48. The lowest BCUT2D eigenvalue weighted by atomic mass is 10.0. The molecule has 0 unspecified atom stereocenters. The molecule has 0 aliphatic carbocycles. The lowest BCUT2D eigenvalue weighted by molar-refractivity contribution is -0.117. The number of hydrogen-bond donors (Lipinski definition) is 2. The molecule has 0 saturated carbocycles. The van der Waals surface area contributed by atoms with Crippen molar-refractivity contribution in [3.8, 4) is 16.9 Å². The van der Waals surface area contributed by atoms with E-state index in [9.17, 15) is 19.5 Å². The number of nitrogens with one attached hydrogen (secondary N) is 1. The van der Waals surface area contributed by atoms with Crippen LogP contribution in [0.15, 0.2) is 84.9 Å². The number of aromatic carboxylic acids is 1. The van der Waals surface area contributed by atoms with Gasteiger partial charge in [0.05, 0.1) is 30.6 Å². The van der Waals surface area contributed by atoms with Crippen molar-refractivity contribution in [2.45, 2.75) is 32.6 Å². The van der Waals surface area contributed by atoms with Crippen LogP contribution in [0.3, 0.4) is 0 Å². The molecule has 8 nitrogen and oxygen atoms in total. The zero-order valence-electron chi connectivity index (χ0n) is 25.1. The van der Waals surface area contributed by atoms with Gasteiger partial charge in [-0.1, -0.05) is 60.1 Å². The number of para-hydroxylation sites is 2. The van der Waals surface area contributed by atoms with E-state index in [1.165, 1.54) is 30.7 Å². The Labute approximate surface area is 273 Å². The van der Waals surface area contributed by atoms with Crippen molar-refractivity contribution >= 4 is 58.7 Å². The van der Waals surface area contributed by atoms with E-state index in [1.807, 2.05) is 72.8 Å². The van der Waals surface area contributed by atoms with Crippen LogP contribution in [0.2, 0.25) is 5.02 Å². The van der Waals surface area contributed by atoms with Crippen LogP contribution in [0.25, 0.3) is 11.1 Å². The highest BCUT2D eigenvalue weighted by Gasteiger charge is 2.25. The van der Waals surface area contributed by atoms with Gasteiger partial charge in [-0.2, -0.15) is 0 Å². The number of halogens is 2. The number of hydrazine groups is 1. The zero-order chi connectivity index (χ0) is 31.2. The number of ketones is 1. The third-order valence-electron chi connectivity index (χ3n) is 7.76. The molecule has 1 fully saturated rings. The number of Topliss-reactive ketones (excluding diaryl/α,β-unsaturated/α-hetero) is 1. The van der Waals surface area contributed by atoms with E-state index in [0.29, 0.717) is 22.5 Å². The first-order valence-electron chi connectivity index (χ1n) is 14.5. The van der Waals surface area contributed by atoms with Gasteiger partial charge in [-0.15, -0.1) is 12.4 Å². The normalized spacial score (nSPS) is 12.6. The van der Waals surface area contributed by atoms with Gasteiger partial charge < -0.3 is 14.7 Å². The molecule has 0 bridgehead atoms. The standard InChI is InChI=1S/C35H34ClN3O5.ClH/c1-23(40)24-10-12-25(13-11-24)26-14-16-28(17-15-26)37-39(32-9-5-4-8-31(32)38-18-6-3-7-19-38)34(41)21-27-20-33(44-2)29(35(42)43)22-30(27)36;/h4-5,8-17,20,22,37H,3,6-7,18-19,21H2,1-2H3,(H,42,43);1H. The number of benzene rings is 4. The first-order valence-corrected chi connectivity index (χ1v) is 14.9. The minimum absolute atomic E-state index is 0. The van der Waals surface area contributed by atoms with E-state index in [1.54, 1.807) is 6.92 Å². The average molecular weight is 649 g/mol. The highest BCUT2D eigenvalue weighted by Crippen LogP contribution is 2.34. The van der Waals surface area contributed by atoms with Crippen molar-refractivity contribution in [2.75, 3.05) is 35.5 Å². The van der Waals surface area contributed by atoms with Crippen molar-refractivity contribution in [1.82, 2.24) is 0 Å². The second kappa shape index (κ2) is 15.0. The van der Waals surface area contributed by atoms with Gasteiger partial charge >= 0.3 is 5.97 Å². The van der Waals surface area contributed by atoms with Crippen LogP contribution >= 0.6 is 24.0 Å². The summed E-state index contributed by atoms with van der Waals surface area (Å²) in [6.45, 7) is 3.34. The van der Waals surface area contributed by atoms with Crippen molar-refractivity contribution in [1.29, 1.82) is 0 Å². The minimum Gasteiger partial charge on any atom is -0.496 e. The summed E-state index contributed by atoms with van der Waals surface area (Å²) in [7, 11) is 1.38. The second-order valence-electron chi connectivity index (χ2n) is 10.7. The lowest BCUT2D eigenvalue weighted by Crippen LogP contribution is -2.39. The Morgan fingerprint density at radius 2 is 1.53 bits per heavy atom. The fourth-order valence-electron chi connectivity index (χ4n) is 5.39. The van der Waals surface area contributed by atoms with Gasteiger partial charge in [-0.05, 0) is 79.3 Å². The SMILES string of the molecule is COc1cc(CC(=O)N(Nc2ccc(-c3ccc(C(C)=O)cc3)cc2)c2ccccc2N2CCCCC2)c(Cl)cc1C(=O)O.Cl. The van der Waals surface area contributed by atoms with Crippen LogP contribution in [0, 0.1) is 0 Å². The number of carbonyl (C=O) groups excluding carboxylic acids is 2. The van der Waals surface area contributed by atoms with Crippen molar-refractivity contribution in [3.05, 3.63) is 107 Å². The predicted octanol–water partition coefficient (Wildman–Crippen LogP) is 7.93. The third kappa shape index (κ3) is 7.77. The van der Waals surface area contributed by atoms with Gasteiger partial charge in [-0.25, -0.2) is 9.80 Å². The van der Waals surface area contributed by atoms with Gasteiger partial charge in [-0.3, -0.25) is 15.0 Å². The number of anilines is 3. The molecule has 1 aliphatic rings. The molecule has 1 aliphatic heterocycles. The van der Waals surface area contributed by atoms with Crippen molar-refractivity contribution < 1.29 is 24.2 Å². The number of carbonyl (C=O) groups is 3. The van der Waals surface area contributed by atoms with Gasteiger partial charge in [0.25, 0.3) is 0 Å². The van der Waals surface area contributed by atoms with E-state index in [2.05, 4.69) is 10.3 Å². The zero-order valence-corrected chi connectivity index (χ0v) is 26.7. The number of ether oxygens (including phenoxy) is 1. The van der Waals surface area contributed by atoms with Crippen molar-refractivity contribution in [3.63, 3.8) is 0 Å². The molecule has 0 spiro atoms. The topological polar surface area (TPSA) is 99.2 Å². The van der Waals surface area contributed by atoms with Crippen molar-refractivity contribution in [2.24, 2.45) is 0 Å². The number of hydrogen-bond acceptors (Lipinski definition) is 6. The number of methoxy groups -OCH3 is 1. The van der Waals surface area contributed by atoms with Gasteiger partial charge in [0.2, 0.25) is 5.91 Å². The summed E-state index contributed by atoms with van der Waals surface area (Å²) in [6.07, 6.45) is 3.23. The minimum atomic E-state index is -1.17. The molecule has 1 heterocycles.